The highest BCUT2D eigenvalue weighted by molar-refractivity contribution is 7.90. The Morgan fingerprint density at radius 1 is 0.977 bits per heavy atom. The van der Waals surface area contributed by atoms with Gasteiger partial charge in [0.05, 0.1) is 23.8 Å². The van der Waals surface area contributed by atoms with E-state index in [0.29, 0.717) is 40.3 Å². The molecular weight excluding hydrogens is 568 g/mol. The quantitative estimate of drug-likeness (QED) is 0.246. The van der Waals surface area contributed by atoms with Crippen LogP contribution in [0.1, 0.15) is 6.92 Å². The van der Waals surface area contributed by atoms with Crippen molar-refractivity contribution in [2.45, 2.75) is 11.8 Å². The van der Waals surface area contributed by atoms with Crippen LogP contribution < -0.4 is 15.0 Å². The first-order chi connectivity index (χ1) is 20.8. The number of nitrogens with zero attached hydrogens (tertiary/aromatic N) is 5. The topological polar surface area (TPSA) is 119 Å². The Balaban J connectivity index is 1.22. The van der Waals surface area contributed by atoms with Crippen LogP contribution >= 0.6 is 0 Å². The van der Waals surface area contributed by atoms with Gasteiger partial charge in [0.1, 0.15) is 23.1 Å². The smallest absolute Gasteiger partial charge is 0.302 e. The number of carbonyl (C=O) groups is 1. The number of aromatic nitrogens is 3. The monoisotopic (exact) mass is 600 g/mol. The molecule has 1 saturated heterocycles. The van der Waals surface area contributed by atoms with Gasteiger partial charge in [-0.1, -0.05) is 18.2 Å². The molecule has 3 aromatic heterocycles. The van der Waals surface area contributed by atoms with Crippen LogP contribution in [0.25, 0.3) is 21.8 Å². The molecule has 0 aliphatic carbocycles. The minimum atomic E-state index is -3.94. The van der Waals surface area contributed by atoms with Gasteiger partial charge in [0, 0.05) is 86.8 Å². The van der Waals surface area contributed by atoms with E-state index in [2.05, 4.69) is 25.1 Å². The highest BCUT2D eigenvalue weighted by Gasteiger charge is 2.23. The van der Waals surface area contributed by atoms with Crippen molar-refractivity contribution in [3.63, 3.8) is 0 Å². The molecule has 0 unspecified atom stereocenters. The molecule has 1 aliphatic rings. The van der Waals surface area contributed by atoms with E-state index in [-0.39, 0.29) is 10.9 Å². The number of methoxy groups -OCH3 is 1. The van der Waals surface area contributed by atoms with Gasteiger partial charge < -0.3 is 19.7 Å². The Kier molecular flexibility index (Phi) is 7.87. The molecule has 0 amide bonds. The van der Waals surface area contributed by atoms with Gasteiger partial charge >= 0.3 is 5.97 Å². The number of rotatable bonds is 9. The lowest BCUT2D eigenvalue weighted by Crippen LogP contribution is -2.47. The lowest BCUT2D eigenvalue weighted by Gasteiger charge is -2.36. The SMILES string of the molecule is COc1cc(N2CCN(CCOC(C)=O)CC2)ccc1Nc1cc2c(ccn2S(=O)(=O)c2cccc3cccnc23)cn1. The van der Waals surface area contributed by atoms with Crippen molar-refractivity contribution in [2.75, 3.05) is 56.7 Å². The summed E-state index contributed by atoms with van der Waals surface area (Å²) in [5.41, 5.74) is 2.66. The summed E-state index contributed by atoms with van der Waals surface area (Å²) in [6.07, 6.45) is 4.78. The summed E-state index contributed by atoms with van der Waals surface area (Å²) >= 11 is 0. The number of hydrogen-bond donors (Lipinski definition) is 1. The maximum absolute atomic E-state index is 13.8. The minimum Gasteiger partial charge on any atom is -0.494 e. The van der Waals surface area contributed by atoms with Crippen LogP contribution in [-0.4, -0.2) is 79.7 Å². The largest absolute Gasteiger partial charge is 0.494 e. The predicted molar refractivity (Wildman–Crippen MR) is 166 cm³/mol. The average molecular weight is 601 g/mol. The van der Waals surface area contributed by atoms with Crippen molar-refractivity contribution in [2.24, 2.45) is 0 Å². The fourth-order valence-corrected chi connectivity index (χ4v) is 6.85. The number of piperazine rings is 1. The Bertz CT molecular complexity index is 1890. The fraction of sp³-hybridized carbons (Fsp3) is 0.258. The average Bonchev–Trinajstić information content (AvgIpc) is 3.45. The highest BCUT2D eigenvalue weighted by Crippen LogP contribution is 2.33. The molecule has 12 heteroatoms. The number of nitrogens with one attached hydrogen (secondary N) is 1. The van der Waals surface area contributed by atoms with Crippen LogP contribution in [0.5, 0.6) is 5.75 Å². The molecule has 0 spiro atoms. The number of carbonyl (C=O) groups excluding carboxylic acids is 1. The van der Waals surface area contributed by atoms with Crippen molar-refractivity contribution >= 4 is 55.0 Å². The van der Waals surface area contributed by atoms with Crippen molar-refractivity contribution in [3.8, 4) is 5.75 Å². The molecule has 11 nitrogen and oxygen atoms in total. The molecule has 222 valence electrons. The van der Waals surface area contributed by atoms with Crippen LogP contribution in [0, 0.1) is 0 Å². The van der Waals surface area contributed by atoms with Gasteiger partial charge in [0.2, 0.25) is 0 Å². The summed E-state index contributed by atoms with van der Waals surface area (Å²) in [7, 11) is -2.32. The Morgan fingerprint density at radius 2 is 1.79 bits per heavy atom. The van der Waals surface area contributed by atoms with E-state index in [1.165, 1.54) is 10.9 Å². The summed E-state index contributed by atoms with van der Waals surface area (Å²) in [5, 5.41) is 4.74. The molecule has 0 bridgehead atoms. The van der Waals surface area contributed by atoms with E-state index in [4.69, 9.17) is 9.47 Å². The second-order valence-corrected chi connectivity index (χ2v) is 12.0. The summed E-state index contributed by atoms with van der Waals surface area (Å²) in [6.45, 7) is 5.96. The third-order valence-electron chi connectivity index (χ3n) is 7.57. The Morgan fingerprint density at radius 3 is 2.58 bits per heavy atom. The molecule has 43 heavy (non-hydrogen) atoms. The van der Waals surface area contributed by atoms with Gasteiger partial charge in [-0.15, -0.1) is 0 Å². The van der Waals surface area contributed by atoms with E-state index in [1.54, 1.807) is 56.0 Å². The molecule has 4 heterocycles. The van der Waals surface area contributed by atoms with Gasteiger partial charge in [-0.3, -0.25) is 14.7 Å². The zero-order valence-corrected chi connectivity index (χ0v) is 24.8. The van der Waals surface area contributed by atoms with Crippen LogP contribution in [0.15, 0.2) is 84.1 Å². The number of para-hydroxylation sites is 1. The molecule has 1 N–H and O–H groups in total. The van der Waals surface area contributed by atoms with Gasteiger partial charge in [0.25, 0.3) is 10.0 Å². The number of benzene rings is 2. The van der Waals surface area contributed by atoms with E-state index in [0.717, 1.165) is 43.8 Å². The molecule has 6 rings (SSSR count). The van der Waals surface area contributed by atoms with E-state index in [1.807, 2.05) is 30.3 Å². The lowest BCUT2D eigenvalue weighted by molar-refractivity contribution is -0.141. The van der Waals surface area contributed by atoms with Gasteiger partial charge in [0.15, 0.2) is 0 Å². The third-order valence-corrected chi connectivity index (χ3v) is 9.29. The van der Waals surface area contributed by atoms with Gasteiger partial charge in [-0.05, 0) is 30.3 Å². The van der Waals surface area contributed by atoms with E-state index < -0.39 is 10.0 Å². The standard InChI is InChI=1S/C31H32N6O5S/c1-22(38)42-18-17-35-13-15-36(16-14-35)25-8-9-26(28(19-25)41-2)34-30-20-27-24(21-33-30)10-12-37(27)43(39,40)29-7-3-5-23-6-4-11-32-31(23)29/h3-12,19-21H,13-18H2,1-2H3,(H,33,34). The normalized spacial score (nSPS) is 14.2. The number of anilines is 3. The number of esters is 1. The molecule has 2 aromatic carbocycles. The number of fused-ring (bicyclic) bond motifs is 2. The fourth-order valence-electron chi connectivity index (χ4n) is 5.34. The van der Waals surface area contributed by atoms with Crippen LogP contribution in [0.3, 0.4) is 0 Å². The van der Waals surface area contributed by atoms with Crippen LogP contribution in [0.4, 0.5) is 17.2 Å². The van der Waals surface area contributed by atoms with Crippen molar-refractivity contribution in [3.05, 3.63) is 79.3 Å². The van der Waals surface area contributed by atoms with Crippen molar-refractivity contribution in [1.82, 2.24) is 18.8 Å². The Labute approximate surface area is 249 Å². The zero-order chi connectivity index (χ0) is 30.0. The summed E-state index contributed by atoms with van der Waals surface area (Å²) in [4.78, 5) is 24.6. The first kappa shape index (κ1) is 28.4. The van der Waals surface area contributed by atoms with Gasteiger partial charge in [-0.25, -0.2) is 17.4 Å². The molecule has 0 saturated carbocycles. The van der Waals surface area contributed by atoms with Crippen LogP contribution in [-0.2, 0) is 19.6 Å². The summed E-state index contributed by atoms with van der Waals surface area (Å²) in [6, 6.07) is 18.2. The summed E-state index contributed by atoms with van der Waals surface area (Å²) in [5.74, 6) is 0.861. The van der Waals surface area contributed by atoms with Crippen LogP contribution in [0.2, 0.25) is 0 Å². The molecule has 0 atom stereocenters. The second kappa shape index (κ2) is 11.9. The van der Waals surface area contributed by atoms with E-state index >= 15 is 0 Å². The molecular formula is C31H32N6O5S. The van der Waals surface area contributed by atoms with E-state index in [9.17, 15) is 13.2 Å². The zero-order valence-electron chi connectivity index (χ0n) is 23.9. The van der Waals surface area contributed by atoms with Crippen molar-refractivity contribution in [1.29, 1.82) is 0 Å². The first-order valence-corrected chi connectivity index (χ1v) is 15.4. The molecule has 0 radical (unpaired) electrons. The predicted octanol–water partition coefficient (Wildman–Crippen LogP) is 4.26. The summed E-state index contributed by atoms with van der Waals surface area (Å²) < 4.78 is 39.7. The number of hydrogen-bond acceptors (Lipinski definition) is 10. The number of ether oxygens (including phenoxy) is 2. The molecule has 1 aliphatic heterocycles. The minimum absolute atomic E-state index is 0.136. The maximum atomic E-state index is 13.8. The van der Waals surface area contributed by atoms with Gasteiger partial charge in [-0.2, -0.15) is 0 Å². The molecule has 1 fully saturated rings. The first-order valence-electron chi connectivity index (χ1n) is 14.0. The lowest BCUT2D eigenvalue weighted by atomic mass is 10.2. The maximum Gasteiger partial charge on any atom is 0.302 e. The highest BCUT2D eigenvalue weighted by atomic mass is 32.2. The van der Waals surface area contributed by atoms with Crippen molar-refractivity contribution < 1.29 is 22.7 Å². The number of pyridine rings is 2. The molecule has 5 aromatic rings. The third kappa shape index (κ3) is 5.84. The Hall–Kier alpha value is -4.68. The second-order valence-electron chi connectivity index (χ2n) is 10.3.